The number of fused-ring (bicyclic) bond motifs is 1. The minimum absolute atomic E-state index is 0.122. The largest absolute Gasteiger partial charge is 0.493 e. The molecule has 2 heterocycles. The lowest BCUT2D eigenvalue weighted by atomic mass is 9.90. The normalized spacial score (nSPS) is 16.8. The number of aryl methyl sites for hydroxylation is 1. The molecule has 1 unspecified atom stereocenters. The molecule has 140 valence electrons. The number of esters is 1. The third kappa shape index (κ3) is 3.67. The summed E-state index contributed by atoms with van der Waals surface area (Å²) in [5.74, 6) is 1.87. The van der Waals surface area contributed by atoms with Crippen LogP contribution in [-0.4, -0.2) is 43.9 Å². The second-order valence-corrected chi connectivity index (χ2v) is 6.35. The van der Waals surface area contributed by atoms with E-state index in [1.54, 1.807) is 14.2 Å². The molecule has 0 saturated carbocycles. The molecule has 2 aromatic rings. The highest BCUT2D eigenvalue weighted by molar-refractivity contribution is 5.70. The van der Waals surface area contributed by atoms with Crippen molar-refractivity contribution in [1.82, 2.24) is 10.1 Å². The molecule has 26 heavy (non-hydrogen) atoms. The van der Waals surface area contributed by atoms with E-state index in [1.807, 2.05) is 25.1 Å². The van der Waals surface area contributed by atoms with Crippen LogP contribution in [0.5, 0.6) is 11.5 Å². The summed E-state index contributed by atoms with van der Waals surface area (Å²) in [4.78, 5) is 14.3. The van der Waals surface area contributed by atoms with Crippen molar-refractivity contribution < 1.29 is 23.5 Å². The first-order valence-corrected chi connectivity index (χ1v) is 8.53. The first-order valence-electron chi connectivity index (χ1n) is 8.53. The van der Waals surface area contributed by atoms with Gasteiger partial charge in [0.15, 0.2) is 11.5 Å². The Bertz CT molecular complexity index is 786. The molecule has 7 heteroatoms. The van der Waals surface area contributed by atoms with Gasteiger partial charge in [0, 0.05) is 25.2 Å². The number of carbonyl (C=O) groups is 1. The van der Waals surface area contributed by atoms with Crippen LogP contribution in [0.3, 0.4) is 0 Å². The summed E-state index contributed by atoms with van der Waals surface area (Å²) in [6.07, 6.45) is 1.11. The van der Waals surface area contributed by atoms with Crippen molar-refractivity contribution in [3.05, 3.63) is 40.8 Å². The molecule has 0 amide bonds. The number of nitrogens with zero attached hydrogens (tertiary/aromatic N) is 2. The highest BCUT2D eigenvalue weighted by Gasteiger charge is 2.31. The molecule has 1 aromatic heterocycles. The summed E-state index contributed by atoms with van der Waals surface area (Å²) < 4.78 is 21.0. The van der Waals surface area contributed by atoms with E-state index in [9.17, 15) is 4.79 Å². The zero-order valence-electron chi connectivity index (χ0n) is 15.6. The Kier molecular flexibility index (Phi) is 5.46. The molecule has 1 aromatic carbocycles. The molecular formula is C19H24N2O5. The molecule has 0 bridgehead atoms. The molecule has 1 aliphatic rings. The van der Waals surface area contributed by atoms with Gasteiger partial charge in [-0.3, -0.25) is 9.69 Å². The van der Waals surface area contributed by atoms with Gasteiger partial charge in [-0.05, 0) is 36.6 Å². The van der Waals surface area contributed by atoms with Gasteiger partial charge < -0.3 is 18.7 Å². The summed E-state index contributed by atoms with van der Waals surface area (Å²) in [5.41, 5.74) is 3.06. The molecule has 7 nitrogen and oxygen atoms in total. The van der Waals surface area contributed by atoms with E-state index in [0.717, 1.165) is 35.5 Å². The average Bonchev–Trinajstić information content (AvgIpc) is 3.06. The molecule has 0 saturated heterocycles. The highest BCUT2D eigenvalue weighted by Crippen LogP contribution is 2.40. The fraction of sp³-hybridized carbons (Fsp3) is 0.474. The molecule has 3 rings (SSSR count). The molecule has 0 radical (unpaired) electrons. The molecule has 0 N–H and O–H groups in total. The smallest absolute Gasteiger partial charge is 0.307 e. The molecule has 1 aliphatic heterocycles. The Balaban J connectivity index is 1.96. The summed E-state index contributed by atoms with van der Waals surface area (Å²) in [7, 11) is 4.64. The minimum atomic E-state index is -0.251. The van der Waals surface area contributed by atoms with Gasteiger partial charge in [0.2, 0.25) is 0 Å². The number of hydrogen-bond acceptors (Lipinski definition) is 7. The van der Waals surface area contributed by atoms with Crippen molar-refractivity contribution in [3.63, 3.8) is 0 Å². The second-order valence-electron chi connectivity index (χ2n) is 6.35. The van der Waals surface area contributed by atoms with E-state index in [1.165, 1.54) is 7.11 Å². The van der Waals surface area contributed by atoms with Gasteiger partial charge in [0.1, 0.15) is 5.76 Å². The van der Waals surface area contributed by atoms with Crippen molar-refractivity contribution in [3.8, 4) is 11.5 Å². The molecule has 0 fully saturated rings. The Morgan fingerprint density at radius 2 is 1.96 bits per heavy atom. The average molecular weight is 360 g/mol. The van der Waals surface area contributed by atoms with Crippen molar-refractivity contribution in [1.29, 1.82) is 0 Å². The molecule has 0 aliphatic carbocycles. The fourth-order valence-corrected chi connectivity index (χ4v) is 3.45. The monoisotopic (exact) mass is 360 g/mol. The van der Waals surface area contributed by atoms with Crippen LogP contribution >= 0.6 is 0 Å². The SMILES string of the molecule is COC(=O)CC1c2cc(OC)c(OC)cc2CCN1Cc1cc(C)on1. The third-order valence-corrected chi connectivity index (χ3v) is 4.74. The molecular weight excluding hydrogens is 336 g/mol. The lowest BCUT2D eigenvalue weighted by molar-refractivity contribution is -0.142. The van der Waals surface area contributed by atoms with Crippen molar-refractivity contribution in [2.45, 2.75) is 32.4 Å². The molecule has 0 spiro atoms. The van der Waals surface area contributed by atoms with Crippen LogP contribution in [0, 0.1) is 6.92 Å². The standard InChI is InChI=1S/C19H24N2O5/c1-12-7-14(20-26-12)11-21-6-5-13-8-17(23-2)18(24-3)9-15(13)16(21)10-19(22)25-4/h7-9,16H,5-6,10-11H2,1-4H3. The van der Waals surface area contributed by atoms with Gasteiger partial charge in [-0.15, -0.1) is 0 Å². The van der Waals surface area contributed by atoms with Crippen LogP contribution in [-0.2, 0) is 22.5 Å². The highest BCUT2D eigenvalue weighted by atomic mass is 16.5. The summed E-state index contributed by atoms with van der Waals surface area (Å²) in [5, 5.41) is 4.08. The first-order chi connectivity index (χ1) is 12.5. The maximum atomic E-state index is 12.0. The van der Waals surface area contributed by atoms with Crippen molar-refractivity contribution >= 4 is 5.97 Å². The van der Waals surface area contributed by atoms with Crippen LogP contribution in [0.15, 0.2) is 22.7 Å². The lowest BCUT2D eigenvalue weighted by Gasteiger charge is -2.36. The van der Waals surface area contributed by atoms with Gasteiger partial charge in [0.25, 0.3) is 0 Å². The number of ether oxygens (including phenoxy) is 3. The van der Waals surface area contributed by atoms with Crippen LogP contribution in [0.2, 0.25) is 0 Å². The number of carbonyl (C=O) groups excluding carboxylic acids is 1. The van der Waals surface area contributed by atoms with E-state index in [-0.39, 0.29) is 18.4 Å². The number of aromatic nitrogens is 1. The summed E-state index contributed by atoms with van der Waals surface area (Å²) in [6, 6.07) is 5.75. The zero-order chi connectivity index (χ0) is 18.7. The zero-order valence-corrected chi connectivity index (χ0v) is 15.6. The van der Waals surface area contributed by atoms with E-state index in [2.05, 4.69) is 10.1 Å². The van der Waals surface area contributed by atoms with Gasteiger partial charge in [-0.1, -0.05) is 5.16 Å². The van der Waals surface area contributed by atoms with Crippen molar-refractivity contribution in [2.24, 2.45) is 0 Å². The predicted octanol–water partition coefficient (Wildman–Crippen LogP) is 2.66. The number of rotatable bonds is 6. The number of hydrogen-bond donors (Lipinski definition) is 0. The van der Waals surface area contributed by atoms with E-state index in [4.69, 9.17) is 18.7 Å². The topological polar surface area (TPSA) is 74.0 Å². The Morgan fingerprint density at radius 1 is 1.23 bits per heavy atom. The minimum Gasteiger partial charge on any atom is -0.493 e. The first kappa shape index (κ1) is 18.3. The Hall–Kier alpha value is -2.54. The maximum Gasteiger partial charge on any atom is 0.307 e. The lowest BCUT2D eigenvalue weighted by Crippen LogP contribution is -2.36. The van der Waals surface area contributed by atoms with E-state index < -0.39 is 0 Å². The third-order valence-electron chi connectivity index (χ3n) is 4.74. The maximum absolute atomic E-state index is 12.0. The van der Waals surface area contributed by atoms with Crippen LogP contribution in [0.25, 0.3) is 0 Å². The fourth-order valence-electron chi connectivity index (χ4n) is 3.45. The van der Waals surface area contributed by atoms with Gasteiger partial charge in [0.05, 0.1) is 33.4 Å². The van der Waals surface area contributed by atoms with Crippen LogP contribution < -0.4 is 9.47 Å². The predicted molar refractivity (Wildman–Crippen MR) is 94.3 cm³/mol. The summed E-state index contributed by atoms with van der Waals surface area (Å²) in [6.45, 7) is 3.27. The number of methoxy groups -OCH3 is 3. The van der Waals surface area contributed by atoms with E-state index >= 15 is 0 Å². The van der Waals surface area contributed by atoms with Gasteiger partial charge in [-0.2, -0.15) is 0 Å². The molecule has 1 atom stereocenters. The van der Waals surface area contributed by atoms with Crippen molar-refractivity contribution in [2.75, 3.05) is 27.9 Å². The number of benzene rings is 1. The van der Waals surface area contributed by atoms with E-state index in [0.29, 0.717) is 18.0 Å². The van der Waals surface area contributed by atoms with Gasteiger partial charge in [-0.25, -0.2) is 0 Å². The van der Waals surface area contributed by atoms with Crippen LogP contribution in [0.1, 0.15) is 35.0 Å². The quantitative estimate of drug-likeness (QED) is 0.733. The van der Waals surface area contributed by atoms with Crippen LogP contribution in [0.4, 0.5) is 0 Å². The summed E-state index contributed by atoms with van der Waals surface area (Å²) >= 11 is 0. The second kappa shape index (κ2) is 7.78. The van der Waals surface area contributed by atoms with Gasteiger partial charge >= 0.3 is 5.97 Å². The Labute approximate surface area is 152 Å². The Morgan fingerprint density at radius 3 is 2.58 bits per heavy atom.